The van der Waals surface area contributed by atoms with Crippen LogP contribution in [0.3, 0.4) is 0 Å². The summed E-state index contributed by atoms with van der Waals surface area (Å²) in [4.78, 5) is 19.4. The molecule has 2 aliphatic rings. The quantitative estimate of drug-likeness (QED) is 0.661. The summed E-state index contributed by atoms with van der Waals surface area (Å²) < 4.78 is 7.78. The molecule has 3 heterocycles. The lowest BCUT2D eigenvalue weighted by molar-refractivity contribution is -0.121. The molecule has 154 valence electrons. The summed E-state index contributed by atoms with van der Waals surface area (Å²) in [6.45, 7) is 7.44. The summed E-state index contributed by atoms with van der Waals surface area (Å²) in [7, 11) is 1.84. The molecule has 1 aromatic heterocycles. The fraction of sp³-hybridized carbons (Fsp3) is 0.375. The molecule has 1 amide bonds. The highest BCUT2D eigenvalue weighted by Gasteiger charge is 2.42. The fourth-order valence-electron chi connectivity index (χ4n) is 4.66. The molecular weight excluding hydrogens is 376 g/mol. The summed E-state index contributed by atoms with van der Waals surface area (Å²) in [5.41, 5.74) is 3.60. The summed E-state index contributed by atoms with van der Waals surface area (Å²) in [6.07, 6.45) is 0.862. The van der Waals surface area contributed by atoms with Crippen LogP contribution >= 0.6 is 0 Å². The average molecular weight is 402 g/mol. The Labute approximate surface area is 176 Å². The van der Waals surface area contributed by atoms with E-state index in [2.05, 4.69) is 19.1 Å². The number of amides is 1. The van der Waals surface area contributed by atoms with Gasteiger partial charge in [0.2, 0.25) is 5.91 Å². The summed E-state index contributed by atoms with van der Waals surface area (Å²) >= 11 is 0. The number of aryl methyl sites for hydroxylation is 1. The number of anilines is 1. The summed E-state index contributed by atoms with van der Waals surface area (Å²) in [5.74, 6) is 2.84. The molecule has 0 aliphatic carbocycles. The van der Waals surface area contributed by atoms with Crippen molar-refractivity contribution in [2.45, 2.75) is 45.1 Å². The maximum absolute atomic E-state index is 12.7. The molecular formula is C24H26N4O2. The summed E-state index contributed by atoms with van der Waals surface area (Å²) in [6, 6.07) is 14.3. The Morgan fingerprint density at radius 2 is 2.00 bits per heavy atom. The third kappa shape index (κ3) is 2.66. The third-order valence-electron chi connectivity index (χ3n) is 6.39. The topological polar surface area (TPSA) is 60.2 Å². The van der Waals surface area contributed by atoms with Crippen molar-refractivity contribution in [3.8, 4) is 17.1 Å². The lowest BCUT2D eigenvalue weighted by Gasteiger charge is -2.23. The molecule has 0 fully saturated rings. The van der Waals surface area contributed by atoms with Crippen molar-refractivity contribution in [2.75, 3.05) is 18.6 Å². The molecule has 3 aromatic rings. The predicted molar refractivity (Wildman–Crippen MR) is 116 cm³/mol. The van der Waals surface area contributed by atoms with Crippen LogP contribution < -0.4 is 9.64 Å². The number of fused-ring (bicyclic) bond motifs is 2. The van der Waals surface area contributed by atoms with Gasteiger partial charge in [-0.05, 0) is 57.0 Å². The van der Waals surface area contributed by atoms with E-state index >= 15 is 0 Å². The number of nitrogens with zero attached hydrogens (tertiary/aromatic N) is 4. The Bertz CT molecular complexity index is 1150. The van der Waals surface area contributed by atoms with Gasteiger partial charge in [-0.2, -0.15) is 5.10 Å². The number of ether oxygens (including phenoxy) is 1. The molecule has 1 atom stereocenters. The molecule has 0 bridgehead atoms. The minimum Gasteiger partial charge on any atom is -0.493 e. The van der Waals surface area contributed by atoms with Crippen molar-refractivity contribution in [2.24, 2.45) is 0 Å². The van der Waals surface area contributed by atoms with Crippen molar-refractivity contribution in [3.63, 3.8) is 0 Å². The van der Waals surface area contributed by atoms with E-state index in [1.54, 1.807) is 4.90 Å². The molecule has 0 N–H and O–H groups in total. The molecule has 2 aromatic carbocycles. The number of rotatable bonds is 3. The zero-order chi connectivity index (χ0) is 21.0. The minimum atomic E-state index is -0.542. The van der Waals surface area contributed by atoms with E-state index in [4.69, 9.17) is 14.8 Å². The first kappa shape index (κ1) is 18.9. The van der Waals surface area contributed by atoms with Crippen LogP contribution in [0, 0.1) is 0 Å². The zero-order valence-electron chi connectivity index (χ0n) is 17.8. The Kier molecular flexibility index (Phi) is 4.20. The van der Waals surface area contributed by atoms with Gasteiger partial charge in [0.15, 0.2) is 11.6 Å². The number of para-hydroxylation sites is 1. The number of carbonyl (C=O) groups is 1. The van der Waals surface area contributed by atoms with E-state index in [1.165, 1.54) is 0 Å². The van der Waals surface area contributed by atoms with E-state index in [0.29, 0.717) is 6.61 Å². The van der Waals surface area contributed by atoms with Gasteiger partial charge in [0, 0.05) is 30.4 Å². The third-order valence-corrected chi connectivity index (χ3v) is 6.39. The Morgan fingerprint density at radius 1 is 1.20 bits per heavy atom. The Hall–Kier alpha value is -3.15. The second-order valence-electron chi connectivity index (χ2n) is 8.56. The van der Waals surface area contributed by atoms with Crippen LogP contribution in [0.25, 0.3) is 11.4 Å². The predicted octanol–water partition coefficient (Wildman–Crippen LogP) is 4.13. The number of aromatic nitrogens is 3. The van der Waals surface area contributed by atoms with E-state index in [9.17, 15) is 4.79 Å². The SMILES string of the molecule is CCn1nc(C2CCOc3ccccc32)nc1-c1ccc2c(c1)C(C)(C)C(=O)N2C. The molecule has 1 unspecified atom stereocenters. The van der Waals surface area contributed by atoms with Crippen molar-refractivity contribution >= 4 is 11.6 Å². The smallest absolute Gasteiger partial charge is 0.236 e. The molecule has 0 saturated carbocycles. The first-order valence-corrected chi connectivity index (χ1v) is 10.5. The zero-order valence-corrected chi connectivity index (χ0v) is 17.8. The van der Waals surface area contributed by atoms with Crippen LogP contribution in [0.2, 0.25) is 0 Å². The normalized spacial score (nSPS) is 19.4. The summed E-state index contributed by atoms with van der Waals surface area (Å²) in [5, 5.41) is 4.86. The maximum Gasteiger partial charge on any atom is 0.236 e. The number of likely N-dealkylation sites (N-methyl/N-ethyl adjacent to an activating group) is 1. The number of hydrogen-bond acceptors (Lipinski definition) is 4. The van der Waals surface area contributed by atoms with Crippen LogP contribution in [0.15, 0.2) is 42.5 Å². The maximum atomic E-state index is 12.7. The molecule has 6 nitrogen and oxygen atoms in total. The van der Waals surface area contributed by atoms with Crippen molar-refractivity contribution in [1.82, 2.24) is 14.8 Å². The van der Waals surface area contributed by atoms with Gasteiger partial charge in [0.05, 0.1) is 17.9 Å². The van der Waals surface area contributed by atoms with Crippen molar-refractivity contribution in [3.05, 3.63) is 59.4 Å². The fourth-order valence-corrected chi connectivity index (χ4v) is 4.66. The monoisotopic (exact) mass is 402 g/mol. The highest BCUT2D eigenvalue weighted by Crippen LogP contribution is 2.43. The minimum absolute atomic E-state index is 0.117. The van der Waals surface area contributed by atoms with Gasteiger partial charge in [-0.1, -0.05) is 18.2 Å². The second-order valence-corrected chi connectivity index (χ2v) is 8.56. The van der Waals surface area contributed by atoms with Crippen LogP contribution in [-0.4, -0.2) is 34.3 Å². The van der Waals surface area contributed by atoms with Gasteiger partial charge in [-0.15, -0.1) is 0 Å². The van der Waals surface area contributed by atoms with Gasteiger partial charge in [-0.3, -0.25) is 4.79 Å². The van der Waals surface area contributed by atoms with Gasteiger partial charge in [0.25, 0.3) is 0 Å². The molecule has 2 aliphatic heterocycles. The van der Waals surface area contributed by atoms with Gasteiger partial charge in [-0.25, -0.2) is 9.67 Å². The highest BCUT2D eigenvalue weighted by atomic mass is 16.5. The van der Waals surface area contributed by atoms with Gasteiger partial charge >= 0.3 is 0 Å². The first-order chi connectivity index (χ1) is 14.4. The number of hydrogen-bond donors (Lipinski definition) is 0. The lowest BCUT2D eigenvalue weighted by atomic mass is 9.85. The Balaban J connectivity index is 1.59. The number of benzene rings is 2. The van der Waals surface area contributed by atoms with Gasteiger partial charge < -0.3 is 9.64 Å². The highest BCUT2D eigenvalue weighted by molar-refractivity contribution is 6.07. The van der Waals surface area contributed by atoms with E-state index in [0.717, 1.165) is 52.7 Å². The van der Waals surface area contributed by atoms with E-state index < -0.39 is 5.41 Å². The van der Waals surface area contributed by atoms with Crippen LogP contribution in [0.4, 0.5) is 5.69 Å². The molecule has 5 rings (SSSR count). The second kappa shape index (κ2) is 6.69. The largest absolute Gasteiger partial charge is 0.493 e. The van der Waals surface area contributed by atoms with E-state index in [-0.39, 0.29) is 11.8 Å². The van der Waals surface area contributed by atoms with Gasteiger partial charge in [0.1, 0.15) is 5.75 Å². The van der Waals surface area contributed by atoms with Crippen molar-refractivity contribution < 1.29 is 9.53 Å². The average Bonchev–Trinajstić information content (AvgIpc) is 3.27. The first-order valence-electron chi connectivity index (χ1n) is 10.5. The molecule has 0 saturated heterocycles. The standard InChI is InChI=1S/C24H26N4O2/c1-5-28-22(15-10-11-19-18(14-15)24(2,3)23(29)27(19)4)25-21(26-28)17-12-13-30-20-9-7-6-8-16(17)20/h6-11,14,17H,5,12-13H2,1-4H3. The number of carbonyl (C=O) groups excluding carboxylic acids is 1. The molecule has 6 heteroatoms. The van der Waals surface area contributed by atoms with Crippen molar-refractivity contribution in [1.29, 1.82) is 0 Å². The van der Waals surface area contributed by atoms with Crippen LogP contribution in [-0.2, 0) is 16.8 Å². The van der Waals surface area contributed by atoms with E-state index in [1.807, 2.05) is 55.9 Å². The lowest BCUT2D eigenvalue weighted by Crippen LogP contribution is -2.33. The van der Waals surface area contributed by atoms with Crippen LogP contribution in [0.1, 0.15) is 50.1 Å². The molecule has 0 radical (unpaired) electrons. The van der Waals surface area contributed by atoms with Crippen LogP contribution in [0.5, 0.6) is 5.75 Å². The molecule has 0 spiro atoms. The Morgan fingerprint density at radius 3 is 2.80 bits per heavy atom. The molecule has 30 heavy (non-hydrogen) atoms.